The number of anilines is 1. The fourth-order valence-corrected chi connectivity index (χ4v) is 3.78. The fourth-order valence-electron chi connectivity index (χ4n) is 3.78. The van der Waals surface area contributed by atoms with E-state index in [0.29, 0.717) is 30.6 Å². The van der Waals surface area contributed by atoms with E-state index in [9.17, 15) is 14.4 Å². The molecule has 5 nitrogen and oxygen atoms in total. The van der Waals surface area contributed by atoms with Crippen LogP contribution in [0.4, 0.5) is 5.69 Å². The van der Waals surface area contributed by atoms with Crippen LogP contribution >= 0.6 is 0 Å². The molecule has 1 N–H and O–H groups in total. The van der Waals surface area contributed by atoms with Crippen LogP contribution in [-0.2, 0) is 12.8 Å². The van der Waals surface area contributed by atoms with Crippen LogP contribution in [0.3, 0.4) is 0 Å². The Kier molecular flexibility index (Phi) is 3.99. The lowest BCUT2D eigenvalue weighted by molar-refractivity contribution is 0.0971. The van der Waals surface area contributed by atoms with Gasteiger partial charge in [-0.2, -0.15) is 0 Å². The van der Waals surface area contributed by atoms with E-state index >= 15 is 0 Å². The van der Waals surface area contributed by atoms with E-state index in [2.05, 4.69) is 4.98 Å². The number of hydrogen-bond donors (Lipinski definition) is 1. The van der Waals surface area contributed by atoms with Gasteiger partial charge in [0.05, 0.1) is 0 Å². The summed E-state index contributed by atoms with van der Waals surface area (Å²) in [6.07, 6.45) is 4.73. The van der Waals surface area contributed by atoms with Crippen LogP contribution in [0.1, 0.15) is 57.7 Å². The first kappa shape index (κ1) is 15.8. The van der Waals surface area contributed by atoms with Gasteiger partial charge < -0.3 is 9.88 Å². The first-order valence-corrected chi connectivity index (χ1v) is 8.84. The number of H-pyrrole nitrogens is 1. The summed E-state index contributed by atoms with van der Waals surface area (Å²) in [6, 6.07) is 9.34. The molecule has 2 aromatic rings. The van der Waals surface area contributed by atoms with E-state index in [4.69, 9.17) is 0 Å². The van der Waals surface area contributed by atoms with Crippen LogP contribution in [0, 0.1) is 0 Å². The summed E-state index contributed by atoms with van der Waals surface area (Å²) in [4.78, 5) is 42.2. The Balaban J connectivity index is 1.78. The van der Waals surface area contributed by atoms with Crippen molar-refractivity contribution in [2.75, 3.05) is 11.4 Å². The zero-order valence-electron chi connectivity index (χ0n) is 14.0. The average molecular weight is 336 g/mol. The molecule has 1 amide bonds. The Morgan fingerprint density at radius 2 is 1.84 bits per heavy atom. The van der Waals surface area contributed by atoms with Crippen molar-refractivity contribution >= 4 is 17.4 Å². The number of para-hydroxylation sites is 1. The van der Waals surface area contributed by atoms with Gasteiger partial charge in [0.2, 0.25) is 0 Å². The molecule has 1 aromatic heterocycles. The number of carbonyl (C=O) groups is 2. The summed E-state index contributed by atoms with van der Waals surface area (Å²) in [7, 11) is 0. The predicted molar refractivity (Wildman–Crippen MR) is 95.4 cm³/mol. The molecule has 2 heterocycles. The Labute approximate surface area is 145 Å². The number of aromatic amines is 1. The number of aryl methyl sites for hydroxylation is 2. The number of ketones is 1. The average Bonchev–Trinajstić information content (AvgIpc) is 2.83. The van der Waals surface area contributed by atoms with Crippen LogP contribution in [0.25, 0.3) is 0 Å². The molecule has 0 spiro atoms. The van der Waals surface area contributed by atoms with Gasteiger partial charge in [-0.3, -0.25) is 14.4 Å². The number of carbonyl (C=O) groups excluding carboxylic acids is 2. The van der Waals surface area contributed by atoms with Gasteiger partial charge in [0.15, 0.2) is 5.78 Å². The molecule has 0 fully saturated rings. The van der Waals surface area contributed by atoms with E-state index in [-0.39, 0.29) is 17.3 Å². The van der Waals surface area contributed by atoms with Gasteiger partial charge in [-0.25, -0.2) is 0 Å². The van der Waals surface area contributed by atoms with Gasteiger partial charge in [0.25, 0.3) is 11.5 Å². The van der Waals surface area contributed by atoms with Crippen molar-refractivity contribution in [2.24, 2.45) is 0 Å². The number of amides is 1. The number of fused-ring (bicyclic) bond motifs is 2. The molecule has 1 aliphatic carbocycles. The molecule has 1 aromatic carbocycles. The van der Waals surface area contributed by atoms with Crippen LogP contribution < -0.4 is 10.5 Å². The van der Waals surface area contributed by atoms with Crippen molar-refractivity contribution in [1.82, 2.24) is 4.98 Å². The third-order valence-corrected chi connectivity index (χ3v) is 5.09. The second kappa shape index (κ2) is 6.31. The lowest BCUT2D eigenvalue weighted by atomic mass is 9.93. The zero-order valence-corrected chi connectivity index (χ0v) is 14.0. The Morgan fingerprint density at radius 1 is 1.00 bits per heavy atom. The maximum absolute atomic E-state index is 13.1. The molecule has 0 unspecified atom stereocenters. The largest absolute Gasteiger partial charge is 0.325 e. The van der Waals surface area contributed by atoms with Crippen LogP contribution in [0.15, 0.2) is 35.1 Å². The first-order valence-electron chi connectivity index (χ1n) is 8.84. The predicted octanol–water partition coefficient (Wildman–Crippen LogP) is 2.88. The smallest absolute Gasteiger partial charge is 0.263 e. The number of aromatic nitrogens is 1. The molecule has 25 heavy (non-hydrogen) atoms. The Morgan fingerprint density at radius 3 is 2.72 bits per heavy atom. The molecule has 0 saturated heterocycles. The highest BCUT2D eigenvalue weighted by Gasteiger charge is 2.27. The van der Waals surface area contributed by atoms with Gasteiger partial charge in [-0.05, 0) is 49.8 Å². The first-order chi connectivity index (χ1) is 12.1. The quantitative estimate of drug-likeness (QED) is 0.870. The standard InChI is InChI=1S/C20H20N2O3/c23-18-10-5-8-16-14(18)12-15(19(24)21-16)20(25)22-11-4-3-7-13-6-1-2-9-17(13)22/h1-2,6,9,12H,3-5,7-8,10-11H2,(H,21,24). The summed E-state index contributed by atoms with van der Waals surface area (Å²) < 4.78 is 0. The van der Waals surface area contributed by atoms with Gasteiger partial charge in [0, 0.05) is 29.9 Å². The van der Waals surface area contributed by atoms with Crippen molar-refractivity contribution in [3.63, 3.8) is 0 Å². The van der Waals surface area contributed by atoms with E-state index in [1.165, 1.54) is 6.07 Å². The number of Topliss-reactive ketones (excluding diaryl/α,β-unsaturated/α-hetero) is 1. The number of hydrogen-bond acceptors (Lipinski definition) is 3. The Hall–Kier alpha value is -2.69. The zero-order chi connectivity index (χ0) is 17.4. The van der Waals surface area contributed by atoms with E-state index < -0.39 is 5.56 Å². The third-order valence-electron chi connectivity index (χ3n) is 5.09. The van der Waals surface area contributed by atoms with Crippen molar-refractivity contribution in [3.05, 3.63) is 63.1 Å². The normalized spacial score (nSPS) is 16.8. The third kappa shape index (κ3) is 2.80. The minimum atomic E-state index is -0.403. The van der Waals surface area contributed by atoms with Crippen LogP contribution in [0.2, 0.25) is 0 Å². The van der Waals surface area contributed by atoms with Gasteiger partial charge in [-0.15, -0.1) is 0 Å². The fraction of sp³-hybridized carbons (Fsp3) is 0.350. The molecule has 0 atom stereocenters. The lowest BCUT2D eigenvalue weighted by Crippen LogP contribution is -2.36. The summed E-state index contributed by atoms with van der Waals surface area (Å²) >= 11 is 0. The van der Waals surface area contributed by atoms with Gasteiger partial charge >= 0.3 is 0 Å². The highest BCUT2D eigenvalue weighted by molar-refractivity contribution is 6.08. The van der Waals surface area contributed by atoms with E-state index in [1.54, 1.807) is 4.90 Å². The lowest BCUT2D eigenvalue weighted by Gasteiger charge is -2.23. The minimum Gasteiger partial charge on any atom is -0.325 e. The minimum absolute atomic E-state index is 0.00261. The number of benzene rings is 1. The summed E-state index contributed by atoms with van der Waals surface area (Å²) in [5.74, 6) is -0.320. The highest BCUT2D eigenvalue weighted by Crippen LogP contribution is 2.27. The number of nitrogens with zero attached hydrogens (tertiary/aromatic N) is 1. The van der Waals surface area contributed by atoms with E-state index in [0.717, 1.165) is 36.9 Å². The molecular formula is C20H20N2O3. The second-order valence-electron chi connectivity index (χ2n) is 6.72. The van der Waals surface area contributed by atoms with Crippen molar-refractivity contribution < 1.29 is 9.59 Å². The van der Waals surface area contributed by atoms with Gasteiger partial charge in [-0.1, -0.05) is 18.2 Å². The summed E-state index contributed by atoms with van der Waals surface area (Å²) in [5, 5.41) is 0. The van der Waals surface area contributed by atoms with Crippen LogP contribution in [-0.4, -0.2) is 23.2 Å². The molecule has 2 aliphatic rings. The molecule has 0 radical (unpaired) electrons. The molecule has 5 heteroatoms. The molecule has 0 saturated carbocycles. The SMILES string of the molecule is O=C1CCCc2[nH]c(=O)c(C(=O)N3CCCCc4ccccc43)cc21. The molecular weight excluding hydrogens is 316 g/mol. The second-order valence-corrected chi connectivity index (χ2v) is 6.72. The molecule has 1 aliphatic heterocycles. The van der Waals surface area contributed by atoms with Crippen LogP contribution in [0.5, 0.6) is 0 Å². The molecule has 128 valence electrons. The maximum atomic E-state index is 13.1. The van der Waals surface area contributed by atoms with Crippen molar-refractivity contribution in [2.45, 2.75) is 38.5 Å². The van der Waals surface area contributed by atoms with Crippen molar-refractivity contribution in [3.8, 4) is 0 Å². The summed E-state index contributed by atoms with van der Waals surface area (Å²) in [6.45, 7) is 0.584. The molecule has 0 bridgehead atoms. The Bertz CT molecular complexity index is 913. The molecule has 4 rings (SSSR count). The summed E-state index contributed by atoms with van der Waals surface area (Å²) in [5.41, 5.74) is 2.81. The topological polar surface area (TPSA) is 70.2 Å². The van der Waals surface area contributed by atoms with E-state index in [1.807, 2.05) is 24.3 Å². The monoisotopic (exact) mass is 336 g/mol. The number of pyridine rings is 1. The van der Waals surface area contributed by atoms with Gasteiger partial charge in [0.1, 0.15) is 5.56 Å². The number of rotatable bonds is 1. The maximum Gasteiger partial charge on any atom is 0.263 e. The van der Waals surface area contributed by atoms with Crippen molar-refractivity contribution in [1.29, 1.82) is 0 Å². The number of nitrogens with one attached hydrogen (secondary N) is 1. The highest BCUT2D eigenvalue weighted by atomic mass is 16.2.